The highest BCUT2D eigenvalue weighted by molar-refractivity contribution is 5.91. The molecule has 0 spiro atoms. The lowest BCUT2D eigenvalue weighted by Crippen LogP contribution is -2.05. The van der Waals surface area contributed by atoms with E-state index in [1.165, 1.54) is 57.4 Å². The first kappa shape index (κ1) is 21.4. The molecule has 0 aromatic heterocycles. The molecule has 0 bridgehead atoms. The third-order valence-corrected chi connectivity index (χ3v) is 3.44. The number of ether oxygens (including phenoxy) is 2. The van der Waals surface area contributed by atoms with Crippen molar-refractivity contribution < 1.29 is 19.1 Å². The van der Waals surface area contributed by atoms with Gasteiger partial charge in [-0.05, 0) is 6.42 Å². The molecule has 0 fully saturated rings. The molecular formula is C19H32O4. The Balaban J connectivity index is 3.37. The molecule has 0 radical (unpaired) electrons. The van der Waals surface area contributed by atoms with Gasteiger partial charge in [-0.3, -0.25) is 0 Å². The summed E-state index contributed by atoms with van der Waals surface area (Å²) in [5.41, 5.74) is 0. The van der Waals surface area contributed by atoms with Gasteiger partial charge in [0.05, 0.1) is 6.61 Å². The molecule has 0 aliphatic rings. The van der Waals surface area contributed by atoms with Crippen molar-refractivity contribution in [1.29, 1.82) is 0 Å². The van der Waals surface area contributed by atoms with Crippen LogP contribution in [-0.2, 0) is 19.1 Å². The summed E-state index contributed by atoms with van der Waals surface area (Å²) in [4.78, 5) is 22.4. The van der Waals surface area contributed by atoms with Gasteiger partial charge < -0.3 is 9.47 Å². The Hall–Kier alpha value is -1.58. The largest absolute Gasteiger partial charge is 0.463 e. The van der Waals surface area contributed by atoms with E-state index in [9.17, 15) is 9.59 Å². The van der Waals surface area contributed by atoms with Gasteiger partial charge in [0.2, 0.25) is 0 Å². The minimum atomic E-state index is -0.569. The maximum absolute atomic E-state index is 11.3. The van der Waals surface area contributed by atoms with Crippen molar-refractivity contribution in [3.05, 3.63) is 24.8 Å². The quantitative estimate of drug-likeness (QED) is 0.189. The maximum Gasteiger partial charge on any atom is 0.331 e. The van der Waals surface area contributed by atoms with E-state index in [1.54, 1.807) is 0 Å². The Labute approximate surface area is 140 Å². The van der Waals surface area contributed by atoms with Gasteiger partial charge >= 0.3 is 11.9 Å². The summed E-state index contributed by atoms with van der Waals surface area (Å²) in [6.45, 7) is 6.20. The lowest BCUT2D eigenvalue weighted by atomic mass is 10.1. The summed E-state index contributed by atoms with van der Waals surface area (Å²) in [6.07, 6.45) is 16.0. The zero-order valence-electron chi connectivity index (χ0n) is 14.6. The highest BCUT2D eigenvalue weighted by Gasteiger charge is 2.00. The van der Waals surface area contributed by atoms with E-state index in [2.05, 4.69) is 13.5 Å². The first-order valence-corrected chi connectivity index (χ1v) is 8.83. The zero-order valence-corrected chi connectivity index (χ0v) is 14.6. The van der Waals surface area contributed by atoms with Crippen molar-refractivity contribution >= 4 is 11.9 Å². The third kappa shape index (κ3) is 16.6. The van der Waals surface area contributed by atoms with E-state index in [1.807, 2.05) is 0 Å². The molecule has 0 unspecified atom stereocenters. The molecule has 0 amide bonds. The van der Waals surface area contributed by atoms with Gasteiger partial charge in [0.25, 0.3) is 0 Å². The number of unbranched alkanes of at least 4 members (excludes halogenated alkanes) is 9. The number of carbonyl (C=O) groups excluding carboxylic acids is 2. The van der Waals surface area contributed by atoms with Crippen LogP contribution in [0.25, 0.3) is 0 Å². The van der Waals surface area contributed by atoms with Crippen LogP contribution in [0.1, 0.15) is 71.1 Å². The first-order chi connectivity index (χ1) is 11.2. The highest BCUT2D eigenvalue weighted by Crippen LogP contribution is 2.10. The molecule has 0 aromatic rings. The molecule has 0 aliphatic carbocycles. The van der Waals surface area contributed by atoms with Crippen LogP contribution in [0.15, 0.2) is 24.8 Å². The molecular weight excluding hydrogens is 292 g/mol. The van der Waals surface area contributed by atoms with Crippen LogP contribution in [0.5, 0.6) is 0 Å². The van der Waals surface area contributed by atoms with Crippen molar-refractivity contribution in [2.75, 3.05) is 13.2 Å². The Morgan fingerprint density at radius 3 is 1.78 bits per heavy atom. The summed E-state index contributed by atoms with van der Waals surface area (Å²) >= 11 is 0. The lowest BCUT2D eigenvalue weighted by Gasteiger charge is -2.03. The third-order valence-electron chi connectivity index (χ3n) is 3.44. The van der Waals surface area contributed by atoms with Crippen molar-refractivity contribution in [3.8, 4) is 0 Å². The van der Waals surface area contributed by atoms with Crippen LogP contribution in [0.2, 0.25) is 0 Å². The van der Waals surface area contributed by atoms with Gasteiger partial charge in [0, 0.05) is 12.2 Å². The molecule has 0 saturated heterocycles. The number of carbonyl (C=O) groups is 2. The second kappa shape index (κ2) is 16.8. The molecule has 4 heteroatoms. The van der Waals surface area contributed by atoms with Crippen molar-refractivity contribution in [2.24, 2.45) is 0 Å². The molecule has 132 valence electrons. The van der Waals surface area contributed by atoms with Gasteiger partial charge in [0.1, 0.15) is 6.61 Å². The summed E-state index contributed by atoms with van der Waals surface area (Å²) < 4.78 is 9.72. The Morgan fingerprint density at radius 1 is 0.783 bits per heavy atom. The van der Waals surface area contributed by atoms with E-state index >= 15 is 0 Å². The van der Waals surface area contributed by atoms with E-state index in [4.69, 9.17) is 9.47 Å². The van der Waals surface area contributed by atoms with E-state index in [0.717, 1.165) is 25.0 Å². The van der Waals surface area contributed by atoms with Crippen LogP contribution in [0, 0.1) is 0 Å². The molecule has 0 aromatic carbocycles. The highest BCUT2D eigenvalue weighted by atomic mass is 16.5. The van der Waals surface area contributed by atoms with Crippen LogP contribution >= 0.6 is 0 Å². The minimum Gasteiger partial charge on any atom is -0.463 e. The van der Waals surface area contributed by atoms with Crippen molar-refractivity contribution in [2.45, 2.75) is 71.1 Å². The Morgan fingerprint density at radius 2 is 1.26 bits per heavy atom. The number of rotatable bonds is 15. The molecule has 23 heavy (non-hydrogen) atoms. The van der Waals surface area contributed by atoms with Crippen molar-refractivity contribution in [3.63, 3.8) is 0 Å². The minimum absolute atomic E-state index is 0.136. The molecule has 4 nitrogen and oxygen atoms in total. The predicted molar refractivity (Wildman–Crippen MR) is 93.1 cm³/mol. The monoisotopic (exact) mass is 324 g/mol. The number of hydrogen-bond acceptors (Lipinski definition) is 4. The lowest BCUT2D eigenvalue weighted by molar-refractivity contribution is -0.140. The molecule has 0 atom stereocenters. The van der Waals surface area contributed by atoms with E-state index < -0.39 is 11.9 Å². The predicted octanol–water partition coefficient (Wildman–Crippen LogP) is 4.74. The second-order valence-electron chi connectivity index (χ2n) is 5.60. The first-order valence-electron chi connectivity index (χ1n) is 8.83. The fraction of sp³-hybridized carbons (Fsp3) is 0.684. The fourth-order valence-corrected chi connectivity index (χ4v) is 2.14. The standard InChI is InChI=1S/C19H32O4/c1-3-5-6-7-8-9-10-11-12-13-17-23-19(21)15-14-18(20)22-16-4-2/h4,14-15H,2-3,5-13,16-17H2,1H3. The summed E-state index contributed by atoms with van der Waals surface area (Å²) in [5, 5.41) is 0. The smallest absolute Gasteiger partial charge is 0.331 e. The Kier molecular flexibility index (Phi) is 15.6. The second-order valence-corrected chi connectivity index (χ2v) is 5.60. The van der Waals surface area contributed by atoms with Crippen LogP contribution in [0.4, 0.5) is 0 Å². The van der Waals surface area contributed by atoms with Gasteiger partial charge in [-0.25, -0.2) is 9.59 Å². The molecule has 0 N–H and O–H groups in total. The zero-order chi connectivity index (χ0) is 17.2. The molecule has 0 saturated carbocycles. The van der Waals surface area contributed by atoms with Gasteiger partial charge in [0.15, 0.2) is 0 Å². The summed E-state index contributed by atoms with van der Waals surface area (Å²) in [7, 11) is 0. The Bertz CT molecular complexity index is 347. The summed E-state index contributed by atoms with van der Waals surface area (Å²) in [5.74, 6) is -1.07. The summed E-state index contributed by atoms with van der Waals surface area (Å²) in [6, 6.07) is 0. The topological polar surface area (TPSA) is 52.6 Å². The van der Waals surface area contributed by atoms with E-state index in [0.29, 0.717) is 6.61 Å². The molecule has 0 aliphatic heterocycles. The fourth-order valence-electron chi connectivity index (χ4n) is 2.14. The molecule has 0 heterocycles. The van der Waals surface area contributed by atoms with Crippen LogP contribution in [-0.4, -0.2) is 25.2 Å². The number of hydrogen-bond donors (Lipinski definition) is 0. The van der Waals surface area contributed by atoms with E-state index in [-0.39, 0.29) is 6.61 Å². The SMILES string of the molecule is C=CCOC(=O)C=CC(=O)OCCCCCCCCCCCC. The van der Waals surface area contributed by atoms with Crippen LogP contribution in [0.3, 0.4) is 0 Å². The van der Waals surface area contributed by atoms with Gasteiger partial charge in [-0.2, -0.15) is 0 Å². The normalized spacial score (nSPS) is 10.7. The van der Waals surface area contributed by atoms with Gasteiger partial charge in [-0.15, -0.1) is 0 Å². The van der Waals surface area contributed by atoms with Crippen molar-refractivity contribution in [1.82, 2.24) is 0 Å². The van der Waals surface area contributed by atoms with Crippen LogP contribution < -0.4 is 0 Å². The average Bonchev–Trinajstić information content (AvgIpc) is 2.56. The van der Waals surface area contributed by atoms with Gasteiger partial charge in [-0.1, -0.05) is 77.4 Å². The number of esters is 2. The average molecular weight is 324 g/mol. The molecule has 0 rings (SSSR count). The maximum atomic E-state index is 11.3.